The van der Waals surface area contributed by atoms with Crippen molar-refractivity contribution in [2.75, 3.05) is 12.3 Å². The van der Waals surface area contributed by atoms with E-state index in [0.29, 0.717) is 30.0 Å². The number of nitrogens with one attached hydrogen (secondary N) is 1. The van der Waals surface area contributed by atoms with Crippen molar-refractivity contribution in [3.05, 3.63) is 47.9 Å². The van der Waals surface area contributed by atoms with Crippen molar-refractivity contribution in [2.45, 2.75) is 26.3 Å². The highest BCUT2D eigenvalue weighted by atomic mass is 16.5. The van der Waals surface area contributed by atoms with Crippen LogP contribution in [0, 0.1) is 0 Å². The van der Waals surface area contributed by atoms with Gasteiger partial charge in [0.1, 0.15) is 17.1 Å². The molecule has 1 amide bonds. The Hall–Kier alpha value is -2.43. The van der Waals surface area contributed by atoms with Gasteiger partial charge >= 0.3 is 0 Å². The van der Waals surface area contributed by atoms with Crippen molar-refractivity contribution in [1.29, 1.82) is 0 Å². The molecule has 0 saturated carbocycles. The summed E-state index contributed by atoms with van der Waals surface area (Å²) in [4.78, 5) is 12.4. The molecule has 2 rings (SSSR count). The fraction of sp³-hybridized carbons (Fsp3) is 0.312. The third-order valence-corrected chi connectivity index (χ3v) is 3.05. The molecule has 1 heterocycles. The second-order valence-corrected chi connectivity index (χ2v) is 4.81. The molecule has 0 aliphatic carbocycles. The molecule has 5 nitrogen and oxygen atoms in total. The minimum atomic E-state index is -0.240. The summed E-state index contributed by atoms with van der Waals surface area (Å²) >= 11 is 0. The zero-order chi connectivity index (χ0) is 15.2. The number of benzene rings is 1. The van der Waals surface area contributed by atoms with Gasteiger partial charge in [0.25, 0.3) is 5.91 Å². The van der Waals surface area contributed by atoms with Crippen LogP contribution in [-0.2, 0) is 6.42 Å². The molecule has 0 bridgehead atoms. The Morgan fingerprint density at radius 1 is 1.38 bits per heavy atom. The van der Waals surface area contributed by atoms with Crippen LogP contribution in [0.4, 0.5) is 5.69 Å². The summed E-state index contributed by atoms with van der Waals surface area (Å²) < 4.78 is 10.7. The van der Waals surface area contributed by atoms with Crippen molar-refractivity contribution < 1.29 is 13.9 Å². The lowest BCUT2D eigenvalue weighted by molar-refractivity contribution is 0.0936. The summed E-state index contributed by atoms with van der Waals surface area (Å²) in [6.45, 7) is 4.26. The molecule has 3 N–H and O–H groups in total. The first kappa shape index (κ1) is 15.0. The van der Waals surface area contributed by atoms with E-state index in [1.807, 2.05) is 26.0 Å². The van der Waals surface area contributed by atoms with Crippen molar-refractivity contribution in [2.24, 2.45) is 0 Å². The van der Waals surface area contributed by atoms with E-state index in [-0.39, 0.29) is 11.9 Å². The molecule has 1 aromatic heterocycles. The van der Waals surface area contributed by atoms with Crippen molar-refractivity contribution in [3.8, 4) is 5.75 Å². The van der Waals surface area contributed by atoms with E-state index in [1.54, 1.807) is 24.5 Å². The van der Waals surface area contributed by atoms with Crippen LogP contribution in [0.5, 0.6) is 5.75 Å². The summed E-state index contributed by atoms with van der Waals surface area (Å²) in [5, 5.41) is 2.92. The van der Waals surface area contributed by atoms with Crippen molar-refractivity contribution in [1.82, 2.24) is 5.32 Å². The topological polar surface area (TPSA) is 77.5 Å². The van der Waals surface area contributed by atoms with Gasteiger partial charge in [0.2, 0.25) is 0 Å². The minimum absolute atomic E-state index is 0.0715. The Bertz CT molecular complexity index is 594. The number of rotatable bonds is 6. The molecule has 0 fully saturated rings. The van der Waals surface area contributed by atoms with Crippen LogP contribution in [0.2, 0.25) is 0 Å². The van der Waals surface area contributed by atoms with E-state index in [9.17, 15) is 4.79 Å². The van der Waals surface area contributed by atoms with Gasteiger partial charge in [0, 0.05) is 18.2 Å². The molecule has 5 heteroatoms. The molecule has 0 aliphatic rings. The molecule has 1 aromatic carbocycles. The zero-order valence-electron chi connectivity index (χ0n) is 12.3. The molecule has 0 saturated heterocycles. The van der Waals surface area contributed by atoms with Crippen LogP contribution < -0.4 is 15.8 Å². The lowest BCUT2D eigenvalue weighted by Gasteiger charge is -2.16. The second-order valence-electron chi connectivity index (χ2n) is 4.81. The predicted molar refractivity (Wildman–Crippen MR) is 81.4 cm³/mol. The maximum atomic E-state index is 12.4. The highest BCUT2D eigenvalue weighted by Gasteiger charge is 2.18. The molecular formula is C16H20N2O3. The standard InChI is InChI=1S/C16H20N2O3/c1-3-20-14-8-4-7-13(17)15(14)16(19)18-11(2)10-12-6-5-9-21-12/h4-9,11H,3,10,17H2,1-2H3,(H,18,19). The smallest absolute Gasteiger partial charge is 0.257 e. The number of hydrogen-bond donors (Lipinski definition) is 2. The van der Waals surface area contributed by atoms with Crippen LogP contribution in [0.1, 0.15) is 30.0 Å². The summed E-state index contributed by atoms with van der Waals surface area (Å²) in [7, 11) is 0. The Morgan fingerprint density at radius 2 is 2.19 bits per heavy atom. The van der Waals surface area contributed by atoms with Gasteiger partial charge in [-0.15, -0.1) is 0 Å². The number of carbonyl (C=O) groups excluding carboxylic acids is 1. The summed E-state index contributed by atoms with van der Waals surface area (Å²) in [6, 6.07) is 8.83. The number of furan rings is 1. The predicted octanol–water partition coefficient (Wildman–Crippen LogP) is 2.62. The van der Waals surface area contributed by atoms with E-state index in [4.69, 9.17) is 14.9 Å². The third-order valence-electron chi connectivity index (χ3n) is 3.05. The van der Waals surface area contributed by atoms with Gasteiger partial charge in [-0.1, -0.05) is 6.07 Å². The fourth-order valence-electron chi connectivity index (χ4n) is 2.14. The first-order valence-electron chi connectivity index (χ1n) is 6.96. The van der Waals surface area contributed by atoms with Gasteiger partial charge in [-0.05, 0) is 38.1 Å². The molecule has 112 valence electrons. The van der Waals surface area contributed by atoms with Gasteiger partial charge in [0.05, 0.1) is 12.9 Å². The van der Waals surface area contributed by atoms with E-state index in [1.165, 1.54) is 0 Å². The highest BCUT2D eigenvalue weighted by Crippen LogP contribution is 2.24. The average molecular weight is 288 g/mol. The number of ether oxygens (including phenoxy) is 1. The monoisotopic (exact) mass is 288 g/mol. The Kier molecular flexibility index (Phi) is 4.87. The molecule has 1 unspecified atom stereocenters. The van der Waals surface area contributed by atoms with Crippen LogP contribution >= 0.6 is 0 Å². The van der Waals surface area contributed by atoms with Gasteiger partial charge in [-0.25, -0.2) is 0 Å². The van der Waals surface area contributed by atoms with Crippen LogP contribution in [0.15, 0.2) is 41.0 Å². The first-order valence-corrected chi connectivity index (χ1v) is 6.96. The normalized spacial score (nSPS) is 11.9. The molecule has 1 atom stereocenters. The van der Waals surface area contributed by atoms with Crippen LogP contribution in [0.25, 0.3) is 0 Å². The maximum Gasteiger partial charge on any atom is 0.257 e. The molecular weight excluding hydrogens is 268 g/mol. The van der Waals surface area contributed by atoms with E-state index < -0.39 is 0 Å². The Balaban J connectivity index is 2.09. The van der Waals surface area contributed by atoms with Crippen molar-refractivity contribution in [3.63, 3.8) is 0 Å². The maximum absolute atomic E-state index is 12.4. The zero-order valence-corrected chi connectivity index (χ0v) is 12.3. The summed E-state index contributed by atoms with van der Waals surface area (Å²) in [5.41, 5.74) is 6.69. The quantitative estimate of drug-likeness (QED) is 0.801. The van der Waals surface area contributed by atoms with Crippen LogP contribution in [0.3, 0.4) is 0 Å². The third kappa shape index (κ3) is 3.78. The number of hydrogen-bond acceptors (Lipinski definition) is 4. The molecule has 0 radical (unpaired) electrons. The molecule has 0 spiro atoms. The van der Waals surface area contributed by atoms with E-state index in [0.717, 1.165) is 5.76 Å². The number of anilines is 1. The Labute approximate surface area is 124 Å². The first-order chi connectivity index (χ1) is 10.1. The molecule has 2 aromatic rings. The molecule has 0 aliphatic heterocycles. The number of nitrogen functional groups attached to an aromatic ring is 1. The summed E-state index contributed by atoms with van der Waals surface area (Å²) in [5.74, 6) is 1.09. The second kappa shape index (κ2) is 6.83. The van der Waals surface area contributed by atoms with Gasteiger partial charge in [-0.2, -0.15) is 0 Å². The number of carbonyl (C=O) groups is 1. The fourth-order valence-corrected chi connectivity index (χ4v) is 2.14. The lowest BCUT2D eigenvalue weighted by Crippen LogP contribution is -2.34. The minimum Gasteiger partial charge on any atom is -0.493 e. The molecule has 21 heavy (non-hydrogen) atoms. The summed E-state index contributed by atoms with van der Waals surface area (Å²) in [6.07, 6.45) is 2.24. The number of amides is 1. The largest absolute Gasteiger partial charge is 0.493 e. The highest BCUT2D eigenvalue weighted by molar-refractivity contribution is 6.02. The number of nitrogens with two attached hydrogens (primary N) is 1. The lowest BCUT2D eigenvalue weighted by atomic mass is 10.1. The SMILES string of the molecule is CCOc1cccc(N)c1C(=O)NC(C)Cc1ccco1. The van der Waals surface area contributed by atoms with Gasteiger partial charge in [0.15, 0.2) is 0 Å². The average Bonchev–Trinajstić information content (AvgIpc) is 2.91. The van der Waals surface area contributed by atoms with E-state index in [2.05, 4.69) is 5.32 Å². The van der Waals surface area contributed by atoms with Crippen molar-refractivity contribution >= 4 is 11.6 Å². The Morgan fingerprint density at radius 3 is 2.86 bits per heavy atom. The van der Waals surface area contributed by atoms with Gasteiger partial charge in [-0.3, -0.25) is 4.79 Å². The van der Waals surface area contributed by atoms with Crippen LogP contribution in [-0.4, -0.2) is 18.6 Å². The van der Waals surface area contributed by atoms with Gasteiger partial charge < -0.3 is 20.2 Å². The van der Waals surface area contributed by atoms with E-state index >= 15 is 0 Å².